The molecule has 1 aromatic heterocycles. The summed E-state index contributed by atoms with van der Waals surface area (Å²) in [6, 6.07) is 9.34. The summed E-state index contributed by atoms with van der Waals surface area (Å²) in [5.41, 5.74) is 3.59. The van der Waals surface area contributed by atoms with Crippen molar-refractivity contribution in [3.8, 4) is 5.75 Å². The van der Waals surface area contributed by atoms with Gasteiger partial charge >= 0.3 is 5.97 Å². The number of carbonyl (C=O) groups excluding carboxylic acids is 2. The third kappa shape index (κ3) is 4.20. The molecule has 3 rings (SSSR count). The van der Waals surface area contributed by atoms with E-state index in [0.29, 0.717) is 6.54 Å². The molecule has 0 spiro atoms. The minimum atomic E-state index is -0.434. The van der Waals surface area contributed by atoms with Gasteiger partial charge in [-0.2, -0.15) is 0 Å². The van der Waals surface area contributed by atoms with Crippen molar-refractivity contribution >= 4 is 17.6 Å². The maximum atomic E-state index is 12.5. The van der Waals surface area contributed by atoms with Gasteiger partial charge in [0.15, 0.2) is 6.61 Å². The van der Waals surface area contributed by atoms with E-state index >= 15 is 0 Å². The maximum Gasteiger partial charge on any atom is 0.310 e. The minimum Gasteiger partial charge on any atom is -0.497 e. The molecule has 0 N–H and O–H groups in total. The van der Waals surface area contributed by atoms with Crippen LogP contribution in [0.4, 0.5) is 5.69 Å². The molecule has 0 saturated heterocycles. The Bertz CT molecular complexity index is 802. The van der Waals surface area contributed by atoms with Gasteiger partial charge in [-0.05, 0) is 55.2 Å². The van der Waals surface area contributed by atoms with Crippen molar-refractivity contribution in [2.75, 3.05) is 25.2 Å². The fourth-order valence-corrected chi connectivity index (χ4v) is 3.00. The van der Waals surface area contributed by atoms with E-state index in [1.165, 1.54) is 0 Å². The number of aromatic nitrogens is 1. The normalized spacial score (nSPS) is 13.1. The molecular formula is C20H22N2O4. The summed E-state index contributed by atoms with van der Waals surface area (Å²) < 4.78 is 10.4. The number of methoxy groups -OCH3 is 1. The Morgan fingerprint density at radius 2 is 2.08 bits per heavy atom. The van der Waals surface area contributed by atoms with E-state index in [2.05, 4.69) is 4.98 Å². The topological polar surface area (TPSA) is 68.7 Å². The van der Waals surface area contributed by atoms with Crippen molar-refractivity contribution < 1.29 is 19.1 Å². The van der Waals surface area contributed by atoms with Crippen molar-refractivity contribution in [2.24, 2.45) is 0 Å². The first-order valence-electron chi connectivity index (χ1n) is 8.61. The first kappa shape index (κ1) is 17.9. The van der Waals surface area contributed by atoms with E-state index in [4.69, 9.17) is 9.47 Å². The molecule has 0 aliphatic carbocycles. The molecule has 0 fully saturated rings. The summed E-state index contributed by atoms with van der Waals surface area (Å²) in [6.45, 7) is 2.24. The van der Waals surface area contributed by atoms with E-state index in [1.807, 2.05) is 37.3 Å². The molecule has 6 nitrogen and oxygen atoms in total. The maximum absolute atomic E-state index is 12.5. The Hall–Kier alpha value is -2.89. The van der Waals surface area contributed by atoms with Gasteiger partial charge in [-0.3, -0.25) is 14.6 Å². The number of rotatable bonds is 5. The molecule has 26 heavy (non-hydrogen) atoms. The zero-order valence-corrected chi connectivity index (χ0v) is 15.0. The second-order valence-corrected chi connectivity index (χ2v) is 6.29. The third-order valence-electron chi connectivity index (χ3n) is 4.38. The molecule has 1 amide bonds. The number of carbonyl (C=O) groups is 2. The predicted molar refractivity (Wildman–Crippen MR) is 97.3 cm³/mol. The summed E-state index contributed by atoms with van der Waals surface area (Å²) in [6.07, 6.45) is 3.52. The summed E-state index contributed by atoms with van der Waals surface area (Å²) in [4.78, 5) is 30.3. The van der Waals surface area contributed by atoms with Gasteiger partial charge in [-0.25, -0.2) is 0 Å². The van der Waals surface area contributed by atoms with Gasteiger partial charge in [-0.1, -0.05) is 6.07 Å². The summed E-state index contributed by atoms with van der Waals surface area (Å²) in [7, 11) is 1.62. The van der Waals surface area contributed by atoms with Crippen LogP contribution in [-0.4, -0.2) is 37.1 Å². The molecule has 0 radical (unpaired) electrons. The molecule has 6 heteroatoms. The molecule has 0 saturated carbocycles. The molecule has 1 aliphatic rings. The van der Waals surface area contributed by atoms with Crippen molar-refractivity contribution in [1.29, 1.82) is 0 Å². The third-order valence-corrected chi connectivity index (χ3v) is 4.38. The Morgan fingerprint density at radius 1 is 1.23 bits per heavy atom. The Labute approximate surface area is 152 Å². The average Bonchev–Trinajstić information content (AvgIpc) is 2.67. The number of amides is 1. The number of nitrogens with zero attached hydrogens (tertiary/aromatic N) is 2. The number of hydrogen-bond acceptors (Lipinski definition) is 5. The van der Waals surface area contributed by atoms with Crippen LogP contribution in [0.25, 0.3) is 0 Å². The number of hydrogen-bond donors (Lipinski definition) is 0. The van der Waals surface area contributed by atoms with Gasteiger partial charge in [0, 0.05) is 24.1 Å². The van der Waals surface area contributed by atoms with Crippen LogP contribution in [0.3, 0.4) is 0 Å². The number of ether oxygens (including phenoxy) is 2. The molecule has 0 bridgehead atoms. The zero-order valence-electron chi connectivity index (χ0n) is 15.0. The van der Waals surface area contributed by atoms with Crippen LogP contribution in [0.15, 0.2) is 36.5 Å². The van der Waals surface area contributed by atoms with Crippen molar-refractivity contribution in [2.45, 2.75) is 26.2 Å². The van der Waals surface area contributed by atoms with Crippen LogP contribution in [0.5, 0.6) is 5.75 Å². The second kappa shape index (κ2) is 7.99. The van der Waals surface area contributed by atoms with E-state index in [-0.39, 0.29) is 18.9 Å². The molecule has 0 unspecified atom stereocenters. The van der Waals surface area contributed by atoms with Crippen molar-refractivity contribution in [3.05, 3.63) is 53.3 Å². The Kier molecular flexibility index (Phi) is 5.51. The molecular weight excluding hydrogens is 332 g/mol. The van der Waals surface area contributed by atoms with E-state index in [1.54, 1.807) is 18.2 Å². The summed E-state index contributed by atoms with van der Waals surface area (Å²) in [5.74, 6) is 0.124. The molecule has 2 heterocycles. The highest BCUT2D eigenvalue weighted by molar-refractivity contribution is 5.96. The number of aryl methyl sites for hydroxylation is 2. The van der Waals surface area contributed by atoms with Gasteiger partial charge in [-0.15, -0.1) is 0 Å². The number of pyridine rings is 1. The fraction of sp³-hybridized carbons (Fsp3) is 0.350. The van der Waals surface area contributed by atoms with Crippen LogP contribution in [0.1, 0.15) is 23.2 Å². The molecule has 2 aromatic rings. The monoisotopic (exact) mass is 354 g/mol. The summed E-state index contributed by atoms with van der Waals surface area (Å²) >= 11 is 0. The van der Waals surface area contributed by atoms with Gasteiger partial charge < -0.3 is 14.4 Å². The van der Waals surface area contributed by atoms with Gasteiger partial charge in [0.05, 0.1) is 13.5 Å². The van der Waals surface area contributed by atoms with E-state index in [9.17, 15) is 9.59 Å². The largest absolute Gasteiger partial charge is 0.497 e. The van der Waals surface area contributed by atoms with Crippen LogP contribution >= 0.6 is 0 Å². The Morgan fingerprint density at radius 3 is 2.81 bits per heavy atom. The number of anilines is 1. The predicted octanol–water partition coefficient (Wildman–Crippen LogP) is 2.46. The standard InChI is InChI=1S/C20H22N2O4/c1-14-5-6-15(12-21-14)10-20(24)26-13-19(23)22-9-3-4-16-11-17(25-2)7-8-18(16)22/h5-8,11-12H,3-4,9-10,13H2,1-2H3. The average molecular weight is 354 g/mol. The first-order valence-corrected chi connectivity index (χ1v) is 8.61. The lowest BCUT2D eigenvalue weighted by molar-refractivity contribution is -0.147. The van der Waals surface area contributed by atoms with Gasteiger partial charge in [0.25, 0.3) is 5.91 Å². The Balaban J connectivity index is 1.59. The summed E-state index contributed by atoms with van der Waals surface area (Å²) in [5, 5.41) is 0. The SMILES string of the molecule is COc1ccc2c(c1)CCCN2C(=O)COC(=O)Cc1ccc(C)nc1. The second-order valence-electron chi connectivity index (χ2n) is 6.29. The van der Waals surface area contributed by atoms with Crippen LogP contribution < -0.4 is 9.64 Å². The zero-order chi connectivity index (χ0) is 18.5. The van der Waals surface area contributed by atoms with Crippen LogP contribution in [0.2, 0.25) is 0 Å². The van der Waals surface area contributed by atoms with Crippen LogP contribution in [-0.2, 0) is 27.2 Å². The highest BCUT2D eigenvalue weighted by atomic mass is 16.5. The lowest BCUT2D eigenvalue weighted by Gasteiger charge is -2.29. The highest BCUT2D eigenvalue weighted by Crippen LogP contribution is 2.30. The number of esters is 1. The van der Waals surface area contributed by atoms with E-state index in [0.717, 1.165) is 41.1 Å². The quantitative estimate of drug-likeness (QED) is 0.772. The lowest BCUT2D eigenvalue weighted by atomic mass is 10.0. The minimum absolute atomic E-state index is 0.106. The molecule has 1 aliphatic heterocycles. The smallest absolute Gasteiger partial charge is 0.310 e. The van der Waals surface area contributed by atoms with Crippen LogP contribution in [0, 0.1) is 6.92 Å². The van der Waals surface area contributed by atoms with Crippen molar-refractivity contribution in [3.63, 3.8) is 0 Å². The van der Waals surface area contributed by atoms with E-state index < -0.39 is 5.97 Å². The first-order chi connectivity index (χ1) is 12.6. The van der Waals surface area contributed by atoms with Crippen molar-refractivity contribution in [1.82, 2.24) is 4.98 Å². The molecule has 0 atom stereocenters. The molecule has 1 aromatic carbocycles. The van der Waals surface area contributed by atoms with Gasteiger partial charge in [0.1, 0.15) is 5.75 Å². The lowest BCUT2D eigenvalue weighted by Crippen LogP contribution is -2.38. The molecule has 136 valence electrons. The number of benzene rings is 1. The highest BCUT2D eigenvalue weighted by Gasteiger charge is 2.23. The number of fused-ring (bicyclic) bond motifs is 1. The van der Waals surface area contributed by atoms with Gasteiger partial charge in [0.2, 0.25) is 0 Å². The fourth-order valence-electron chi connectivity index (χ4n) is 3.00.